The van der Waals surface area contributed by atoms with Gasteiger partial charge in [-0.1, -0.05) is 64.7 Å². The molecule has 2 nitrogen and oxygen atoms in total. The summed E-state index contributed by atoms with van der Waals surface area (Å²) in [5, 5.41) is 8.41. The first kappa shape index (κ1) is 25.2. The van der Waals surface area contributed by atoms with E-state index in [9.17, 15) is 4.79 Å². The molecular weight excluding hydrogens is 433 g/mol. The molecule has 0 fully saturated rings. The average Bonchev–Trinajstić information content (AvgIpc) is 2.38. The van der Waals surface area contributed by atoms with E-state index in [2.05, 4.69) is 20.8 Å². The van der Waals surface area contributed by atoms with Gasteiger partial charge < -0.3 is 19.0 Å². The second-order valence-electron chi connectivity index (χ2n) is 5.03. The van der Waals surface area contributed by atoms with Crippen LogP contribution in [0.4, 0.5) is 0 Å². The van der Waals surface area contributed by atoms with Gasteiger partial charge in [-0.2, -0.15) is 12.8 Å². The predicted molar refractivity (Wildman–Crippen MR) is 84.0 cm³/mol. The van der Waals surface area contributed by atoms with Crippen LogP contribution in [0.15, 0.2) is 0 Å². The van der Waals surface area contributed by atoms with Crippen molar-refractivity contribution in [2.24, 2.45) is 0 Å². The predicted octanol–water partition coefficient (Wildman–Crippen LogP) is 5.81. The first-order valence-corrected chi connectivity index (χ1v) is 7.99. The van der Waals surface area contributed by atoms with E-state index < -0.39 is 5.97 Å². The molecule has 0 rings (SSSR count). The van der Waals surface area contributed by atoms with E-state index >= 15 is 0 Å². The van der Waals surface area contributed by atoms with Crippen molar-refractivity contribution in [3.8, 4) is 0 Å². The standard InChI is InChI=1S/C12H23O2.C5H11.Au/c1-2-3-4-5-6-7-8-9-10-11-12(13)14;1-3-5-4-2;/h1-11H2,(H,13,14);1,3-5H2,2H3;/q2*-1;. The van der Waals surface area contributed by atoms with Crippen molar-refractivity contribution in [1.29, 1.82) is 0 Å². The number of carboxylic acid groups (broad SMARTS) is 1. The Morgan fingerprint density at radius 2 is 1.20 bits per heavy atom. The van der Waals surface area contributed by atoms with Crippen molar-refractivity contribution in [2.75, 3.05) is 0 Å². The molecule has 0 bridgehead atoms. The summed E-state index contributed by atoms with van der Waals surface area (Å²) in [5.74, 6) is -0.666. The minimum absolute atomic E-state index is 0. The normalized spacial score (nSPS) is 9.35. The maximum atomic E-state index is 10.2. The third kappa shape index (κ3) is 30.9. The van der Waals surface area contributed by atoms with Crippen molar-refractivity contribution in [3.05, 3.63) is 13.8 Å². The SMILES string of the molecule is [Au].[CH2-]CCCC.[CH2-]CCCCCCCCCCC(=O)O. The van der Waals surface area contributed by atoms with E-state index in [-0.39, 0.29) is 22.4 Å². The summed E-state index contributed by atoms with van der Waals surface area (Å²) in [6.07, 6.45) is 14.6. The number of hydrogen-bond acceptors (Lipinski definition) is 1. The van der Waals surface area contributed by atoms with Gasteiger partial charge in [0.25, 0.3) is 0 Å². The van der Waals surface area contributed by atoms with Crippen LogP contribution >= 0.6 is 0 Å². The molecule has 20 heavy (non-hydrogen) atoms. The minimum Gasteiger partial charge on any atom is -0.481 e. The van der Waals surface area contributed by atoms with Crippen molar-refractivity contribution < 1.29 is 32.3 Å². The van der Waals surface area contributed by atoms with Crippen LogP contribution in [0.3, 0.4) is 0 Å². The topological polar surface area (TPSA) is 37.3 Å². The Bertz CT molecular complexity index is 170. The van der Waals surface area contributed by atoms with Crippen LogP contribution < -0.4 is 0 Å². The molecule has 0 aliphatic rings. The smallest absolute Gasteiger partial charge is 0.303 e. The van der Waals surface area contributed by atoms with Crippen LogP contribution in [0.25, 0.3) is 0 Å². The van der Waals surface area contributed by atoms with Gasteiger partial charge in [-0.05, 0) is 6.42 Å². The summed E-state index contributed by atoms with van der Waals surface area (Å²) in [4.78, 5) is 10.2. The second-order valence-corrected chi connectivity index (χ2v) is 5.03. The zero-order chi connectivity index (χ0) is 14.8. The van der Waals surface area contributed by atoms with Crippen molar-refractivity contribution in [3.63, 3.8) is 0 Å². The Balaban J connectivity index is -0.000000414. The van der Waals surface area contributed by atoms with Crippen molar-refractivity contribution in [1.82, 2.24) is 0 Å². The number of hydrogen-bond donors (Lipinski definition) is 1. The first-order valence-electron chi connectivity index (χ1n) is 7.99. The van der Waals surface area contributed by atoms with E-state index in [1.54, 1.807) is 0 Å². The fourth-order valence-corrected chi connectivity index (χ4v) is 1.76. The zero-order valence-electron chi connectivity index (χ0n) is 13.3. The van der Waals surface area contributed by atoms with Gasteiger partial charge in [0.1, 0.15) is 0 Å². The molecule has 3 heteroatoms. The number of carbonyl (C=O) groups is 1. The summed E-state index contributed by atoms with van der Waals surface area (Å²) >= 11 is 0. The van der Waals surface area contributed by atoms with Gasteiger partial charge in [-0.15, -0.1) is 0 Å². The molecule has 0 spiro atoms. The second kappa shape index (κ2) is 24.2. The van der Waals surface area contributed by atoms with E-state index in [0.29, 0.717) is 6.42 Å². The molecule has 0 unspecified atom stereocenters. The third-order valence-corrected chi connectivity index (χ3v) is 2.99. The zero-order valence-corrected chi connectivity index (χ0v) is 15.4. The quantitative estimate of drug-likeness (QED) is 0.223. The van der Waals surface area contributed by atoms with E-state index in [0.717, 1.165) is 25.7 Å². The number of aliphatic carboxylic acids is 1. The Morgan fingerprint density at radius 3 is 1.50 bits per heavy atom. The number of carboxylic acids is 1. The molecular formula is C17H34AuO2-2. The van der Waals surface area contributed by atoms with Crippen LogP contribution in [0.2, 0.25) is 0 Å². The fraction of sp³-hybridized carbons (Fsp3) is 0.824. The fourth-order valence-electron chi connectivity index (χ4n) is 1.76. The molecule has 0 amide bonds. The maximum absolute atomic E-state index is 10.2. The van der Waals surface area contributed by atoms with Gasteiger partial charge in [0.15, 0.2) is 0 Å². The maximum Gasteiger partial charge on any atom is 0.303 e. The molecule has 1 radical (unpaired) electrons. The monoisotopic (exact) mass is 467 g/mol. The van der Waals surface area contributed by atoms with Crippen LogP contribution in [0.1, 0.15) is 90.4 Å². The van der Waals surface area contributed by atoms with Crippen molar-refractivity contribution >= 4 is 5.97 Å². The van der Waals surface area contributed by atoms with E-state index in [1.807, 2.05) is 0 Å². The largest absolute Gasteiger partial charge is 0.481 e. The van der Waals surface area contributed by atoms with E-state index in [4.69, 9.17) is 5.11 Å². The Hall–Kier alpha value is 0.210. The van der Waals surface area contributed by atoms with Gasteiger partial charge in [0, 0.05) is 28.8 Å². The average molecular weight is 467 g/mol. The summed E-state index contributed by atoms with van der Waals surface area (Å²) in [6.45, 7) is 9.65. The molecule has 0 heterocycles. The van der Waals surface area contributed by atoms with Crippen LogP contribution in [-0.4, -0.2) is 11.1 Å². The molecule has 0 aliphatic carbocycles. The molecule has 0 aromatic rings. The number of unbranched alkanes of at least 4 members (excludes halogenated alkanes) is 10. The first-order chi connectivity index (χ1) is 9.18. The van der Waals surface area contributed by atoms with Crippen LogP contribution in [0, 0.1) is 13.8 Å². The summed E-state index contributed by atoms with van der Waals surface area (Å²) in [6, 6.07) is 0. The molecule has 0 saturated carbocycles. The minimum atomic E-state index is -0.666. The Morgan fingerprint density at radius 1 is 0.800 bits per heavy atom. The van der Waals surface area contributed by atoms with Gasteiger partial charge >= 0.3 is 5.97 Å². The molecule has 0 atom stereocenters. The van der Waals surface area contributed by atoms with Crippen LogP contribution in [-0.2, 0) is 27.2 Å². The van der Waals surface area contributed by atoms with Gasteiger partial charge in [-0.25, -0.2) is 0 Å². The third-order valence-electron chi connectivity index (χ3n) is 2.99. The number of rotatable bonds is 12. The summed E-state index contributed by atoms with van der Waals surface area (Å²) < 4.78 is 0. The summed E-state index contributed by atoms with van der Waals surface area (Å²) in [5.41, 5.74) is 0. The molecule has 0 aliphatic heterocycles. The van der Waals surface area contributed by atoms with Crippen molar-refractivity contribution in [2.45, 2.75) is 90.4 Å². The Kier molecular flexibility index (Phi) is 30.5. The summed E-state index contributed by atoms with van der Waals surface area (Å²) in [7, 11) is 0. The van der Waals surface area contributed by atoms with Gasteiger partial charge in [0.05, 0.1) is 0 Å². The van der Waals surface area contributed by atoms with Gasteiger partial charge in [0.2, 0.25) is 0 Å². The molecule has 0 aromatic carbocycles. The van der Waals surface area contributed by atoms with Gasteiger partial charge in [-0.3, -0.25) is 4.79 Å². The Labute approximate surface area is 142 Å². The van der Waals surface area contributed by atoms with Crippen LogP contribution in [0.5, 0.6) is 0 Å². The molecule has 0 aromatic heterocycles. The van der Waals surface area contributed by atoms with E-state index in [1.165, 1.54) is 51.4 Å². The molecule has 0 saturated heterocycles. The molecule has 127 valence electrons. The molecule has 1 N–H and O–H groups in total.